The van der Waals surface area contributed by atoms with Crippen LogP contribution in [0.2, 0.25) is 0 Å². The molecule has 1 atom stereocenters. The van der Waals surface area contributed by atoms with Gasteiger partial charge in [-0.25, -0.2) is 0 Å². The van der Waals surface area contributed by atoms with Gasteiger partial charge in [-0.15, -0.1) is 12.4 Å². The molecule has 4 heteroatoms. The summed E-state index contributed by atoms with van der Waals surface area (Å²) < 4.78 is 6.04. The first kappa shape index (κ1) is 18.5. The molecule has 2 N–H and O–H groups in total. The maximum atomic E-state index is 6.38. The summed E-state index contributed by atoms with van der Waals surface area (Å²) in [5.74, 6) is 0.954. The Hall–Kier alpha value is -1.81. The maximum Gasteiger partial charge on any atom is 0.125 e. The van der Waals surface area contributed by atoms with Crippen LogP contribution in [0.15, 0.2) is 59.3 Å². The Morgan fingerprint density at radius 2 is 1.67 bits per heavy atom. The number of rotatable bonds is 5. The van der Waals surface area contributed by atoms with Crippen molar-refractivity contribution in [1.29, 1.82) is 0 Å². The Bertz CT molecular complexity index is 749. The first-order chi connectivity index (χ1) is 11.1. The zero-order chi connectivity index (χ0) is 16.2. The van der Waals surface area contributed by atoms with E-state index in [1.807, 2.05) is 18.2 Å². The third kappa shape index (κ3) is 4.18. The fraction of sp³-hybridized carbons (Fsp3) is 0.200. The number of hydrogen-bond donors (Lipinski definition) is 1. The van der Waals surface area contributed by atoms with Gasteiger partial charge in [0.15, 0.2) is 0 Å². The summed E-state index contributed by atoms with van der Waals surface area (Å²) in [6, 6.07) is 16.5. The Balaban J connectivity index is 0.00000208. The van der Waals surface area contributed by atoms with Crippen molar-refractivity contribution in [3.05, 3.63) is 87.1 Å². The number of nitrogens with two attached hydrogens (primary N) is 1. The minimum Gasteiger partial charge on any atom is -0.488 e. The van der Waals surface area contributed by atoms with Crippen LogP contribution < -0.4 is 10.5 Å². The number of hydrogen-bond acceptors (Lipinski definition) is 3. The molecule has 1 heterocycles. The third-order valence-electron chi connectivity index (χ3n) is 3.97. The van der Waals surface area contributed by atoms with Crippen LogP contribution >= 0.6 is 23.7 Å². The van der Waals surface area contributed by atoms with Crippen LogP contribution in [0.3, 0.4) is 0 Å². The number of benzene rings is 2. The van der Waals surface area contributed by atoms with Crippen molar-refractivity contribution >= 4 is 23.7 Å². The lowest BCUT2D eigenvalue weighted by Crippen LogP contribution is -2.12. The molecular weight excluding hydrogens is 338 g/mol. The van der Waals surface area contributed by atoms with Gasteiger partial charge in [-0.05, 0) is 58.5 Å². The molecule has 2 aromatic carbocycles. The molecule has 3 aromatic rings. The van der Waals surface area contributed by atoms with E-state index in [4.69, 9.17) is 10.5 Å². The summed E-state index contributed by atoms with van der Waals surface area (Å²) >= 11 is 1.68. The Morgan fingerprint density at radius 3 is 2.25 bits per heavy atom. The molecule has 0 aliphatic rings. The molecule has 0 bridgehead atoms. The molecule has 0 radical (unpaired) electrons. The second kappa shape index (κ2) is 8.34. The van der Waals surface area contributed by atoms with Crippen molar-refractivity contribution in [1.82, 2.24) is 0 Å². The number of halogens is 1. The summed E-state index contributed by atoms with van der Waals surface area (Å²) in [4.78, 5) is 0. The van der Waals surface area contributed by atoms with Gasteiger partial charge in [-0.3, -0.25) is 0 Å². The molecule has 0 fully saturated rings. The quantitative estimate of drug-likeness (QED) is 0.660. The summed E-state index contributed by atoms with van der Waals surface area (Å²) in [7, 11) is 0. The van der Waals surface area contributed by atoms with Crippen LogP contribution in [-0.2, 0) is 6.61 Å². The van der Waals surface area contributed by atoms with E-state index in [2.05, 4.69) is 54.9 Å². The highest BCUT2D eigenvalue weighted by Crippen LogP contribution is 2.30. The van der Waals surface area contributed by atoms with E-state index in [0.717, 1.165) is 28.0 Å². The molecule has 0 spiro atoms. The van der Waals surface area contributed by atoms with Crippen molar-refractivity contribution in [3.8, 4) is 5.75 Å². The second-order valence-corrected chi connectivity index (χ2v) is 6.57. The van der Waals surface area contributed by atoms with Crippen molar-refractivity contribution in [2.75, 3.05) is 0 Å². The highest BCUT2D eigenvalue weighted by Gasteiger charge is 2.13. The van der Waals surface area contributed by atoms with Gasteiger partial charge in [0.2, 0.25) is 0 Å². The zero-order valence-electron chi connectivity index (χ0n) is 13.9. The standard InChI is InChI=1S/C20H21NOS.ClH/c1-14-10-18(19(21)17-8-9-23-13-17)11-15(2)20(14)22-12-16-6-4-3-5-7-16;/h3-11,13,19H,12,21H2,1-2H3;1H/t19-;/m0./s1. The second-order valence-electron chi connectivity index (χ2n) is 5.79. The van der Waals surface area contributed by atoms with Gasteiger partial charge in [0, 0.05) is 0 Å². The minimum atomic E-state index is -0.0816. The van der Waals surface area contributed by atoms with Crippen LogP contribution in [0.25, 0.3) is 0 Å². The minimum absolute atomic E-state index is 0. The molecule has 126 valence electrons. The van der Waals surface area contributed by atoms with Gasteiger partial charge >= 0.3 is 0 Å². The van der Waals surface area contributed by atoms with E-state index in [1.54, 1.807) is 11.3 Å². The van der Waals surface area contributed by atoms with Crippen molar-refractivity contribution < 1.29 is 4.74 Å². The Kier molecular flexibility index (Phi) is 6.44. The number of ether oxygens (including phenoxy) is 1. The predicted octanol–water partition coefficient (Wildman–Crippen LogP) is 5.41. The molecule has 24 heavy (non-hydrogen) atoms. The largest absolute Gasteiger partial charge is 0.488 e. The molecule has 3 rings (SSSR count). The monoisotopic (exact) mass is 359 g/mol. The fourth-order valence-electron chi connectivity index (χ4n) is 2.77. The van der Waals surface area contributed by atoms with Gasteiger partial charge in [0.1, 0.15) is 12.4 Å². The summed E-state index contributed by atoms with van der Waals surface area (Å²) in [5.41, 5.74) is 12.1. The molecule has 0 amide bonds. The zero-order valence-corrected chi connectivity index (χ0v) is 15.5. The van der Waals surface area contributed by atoms with Crippen LogP contribution in [0, 0.1) is 13.8 Å². The van der Waals surface area contributed by atoms with Gasteiger partial charge in [0.25, 0.3) is 0 Å². The fourth-order valence-corrected chi connectivity index (χ4v) is 3.46. The normalized spacial score (nSPS) is 11.6. The molecule has 0 saturated heterocycles. The van der Waals surface area contributed by atoms with E-state index in [-0.39, 0.29) is 18.4 Å². The summed E-state index contributed by atoms with van der Waals surface area (Å²) in [6.45, 7) is 4.74. The van der Waals surface area contributed by atoms with Gasteiger partial charge in [0.05, 0.1) is 6.04 Å². The van der Waals surface area contributed by atoms with Gasteiger partial charge in [-0.2, -0.15) is 11.3 Å². The van der Waals surface area contributed by atoms with Crippen molar-refractivity contribution in [2.45, 2.75) is 26.5 Å². The molecular formula is C20H22ClNOS. The Labute approximate surface area is 153 Å². The van der Waals surface area contributed by atoms with E-state index in [0.29, 0.717) is 6.61 Å². The predicted molar refractivity (Wildman–Crippen MR) is 104 cm³/mol. The third-order valence-corrected chi connectivity index (χ3v) is 4.67. The molecule has 2 nitrogen and oxygen atoms in total. The van der Waals surface area contributed by atoms with Crippen LogP contribution in [-0.4, -0.2) is 0 Å². The van der Waals surface area contributed by atoms with Gasteiger partial charge < -0.3 is 10.5 Å². The number of aryl methyl sites for hydroxylation is 2. The smallest absolute Gasteiger partial charge is 0.125 e. The van der Waals surface area contributed by atoms with E-state index in [9.17, 15) is 0 Å². The topological polar surface area (TPSA) is 35.2 Å². The molecule has 0 saturated carbocycles. The first-order valence-electron chi connectivity index (χ1n) is 7.70. The van der Waals surface area contributed by atoms with Crippen LogP contribution in [0.4, 0.5) is 0 Å². The average Bonchev–Trinajstić information content (AvgIpc) is 3.08. The maximum absolute atomic E-state index is 6.38. The average molecular weight is 360 g/mol. The van der Waals surface area contributed by atoms with Gasteiger partial charge in [-0.1, -0.05) is 42.5 Å². The van der Waals surface area contributed by atoms with Crippen molar-refractivity contribution in [3.63, 3.8) is 0 Å². The molecule has 0 unspecified atom stereocenters. The van der Waals surface area contributed by atoms with Crippen LogP contribution in [0.1, 0.15) is 33.9 Å². The highest BCUT2D eigenvalue weighted by atomic mass is 35.5. The summed E-state index contributed by atoms with van der Waals surface area (Å²) in [6.07, 6.45) is 0. The van der Waals surface area contributed by atoms with Crippen molar-refractivity contribution in [2.24, 2.45) is 5.73 Å². The lowest BCUT2D eigenvalue weighted by Gasteiger charge is -2.17. The van der Waals surface area contributed by atoms with E-state index < -0.39 is 0 Å². The number of thiophene rings is 1. The van der Waals surface area contributed by atoms with E-state index in [1.165, 1.54) is 5.56 Å². The highest BCUT2D eigenvalue weighted by molar-refractivity contribution is 7.08. The first-order valence-corrected chi connectivity index (χ1v) is 8.65. The lowest BCUT2D eigenvalue weighted by molar-refractivity contribution is 0.302. The Morgan fingerprint density at radius 1 is 1.00 bits per heavy atom. The van der Waals surface area contributed by atoms with Crippen LogP contribution in [0.5, 0.6) is 5.75 Å². The summed E-state index contributed by atoms with van der Waals surface area (Å²) in [5, 5.41) is 4.17. The SMILES string of the molecule is Cc1cc([C@@H](N)c2ccsc2)cc(C)c1OCc1ccccc1.Cl. The van der Waals surface area contributed by atoms with E-state index >= 15 is 0 Å². The molecule has 0 aliphatic carbocycles. The molecule has 1 aromatic heterocycles. The molecule has 0 aliphatic heterocycles. The lowest BCUT2D eigenvalue weighted by atomic mass is 9.97.